The van der Waals surface area contributed by atoms with Crippen LogP contribution in [-0.2, 0) is 4.79 Å². The van der Waals surface area contributed by atoms with E-state index in [4.69, 9.17) is 5.26 Å². The summed E-state index contributed by atoms with van der Waals surface area (Å²) in [6.07, 6.45) is 1.89. The lowest BCUT2D eigenvalue weighted by atomic mass is 9.87. The first-order chi connectivity index (χ1) is 13.8. The molecule has 0 radical (unpaired) electrons. The lowest BCUT2D eigenvalue weighted by molar-refractivity contribution is -0.122. The molecule has 0 aliphatic carbocycles. The third-order valence-electron chi connectivity index (χ3n) is 5.94. The molecule has 5 nitrogen and oxygen atoms in total. The lowest BCUT2D eigenvalue weighted by Gasteiger charge is -2.37. The maximum atomic E-state index is 13.8. The van der Waals surface area contributed by atoms with E-state index in [1.54, 1.807) is 12.1 Å². The lowest BCUT2D eigenvalue weighted by Crippen LogP contribution is -2.49. The Morgan fingerprint density at radius 1 is 0.964 bits per heavy atom. The second kappa shape index (κ2) is 8.55. The molecule has 0 unspecified atom stereocenters. The number of carbonyl (C=O) groups excluding carboxylic acids is 1. The molecule has 2 N–H and O–H groups in total. The van der Waals surface area contributed by atoms with Crippen molar-refractivity contribution in [2.45, 2.75) is 24.8 Å². The van der Waals surface area contributed by atoms with Crippen molar-refractivity contribution in [3.8, 4) is 6.07 Å². The normalized spacial score (nSPS) is 22.5. The first-order valence-corrected chi connectivity index (χ1v) is 10.1. The number of anilines is 1. The van der Waals surface area contributed by atoms with Crippen LogP contribution in [0.2, 0.25) is 0 Å². The Bertz CT molecular complexity index is 837. The first-order valence-electron chi connectivity index (χ1n) is 10.1. The van der Waals surface area contributed by atoms with Crippen LogP contribution in [0.25, 0.3) is 0 Å². The Labute approximate surface area is 166 Å². The topological polar surface area (TPSA) is 68.2 Å². The van der Waals surface area contributed by atoms with Crippen LogP contribution in [0.1, 0.15) is 29.9 Å². The van der Waals surface area contributed by atoms with Crippen LogP contribution in [0.3, 0.4) is 0 Å². The molecule has 2 aliphatic heterocycles. The quantitative estimate of drug-likeness (QED) is 0.863. The predicted molar refractivity (Wildman–Crippen MR) is 110 cm³/mol. The van der Waals surface area contributed by atoms with E-state index in [2.05, 4.69) is 28.8 Å². The van der Waals surface area contributed by atoms with E-state index >= 15 is 0 Å². The molecule has 2 aromatic carbocycles. The summed E-state index contributed by atoms with van der Waals surface area (Å²) in [5.74, 6) is 0.305. The third-order valence-corrected chi connectivity index (χ3v) is 5.94. The van der Waals surface area contributed by atoms with Crippen molar-refractivity contribution < 1.29 is 4.79 Å². The summed E-state index contributed by atoms with van der Waals surface area (Å²) in [4.78, 5) is 15.8. The number of nitriles is 1. The van der Waals surface area contributed by atoms with E-state index in [9.17, 15) is 4.79 Å². The van der Waals surface area contributed by atoms with Crippen molar-refractivity contribution in [2.75, 3.05) is 31.1 Å². The van der Waals surface area contributed by atoms with Gasteiger partial charge in [-0.2, -0.15) is 5.26 Å². The summed E-state index contributed by atoms with van der Waals surface area (Å²) in [5.41, 5.74) is 2.73. The summed E-state index contributed by atoms with van der Waals surface area (Å²) < 4.78 is 0. The second-order valence-electron chi connectivity index (χ2n) is 7.63. The monoisotopic (exact) mass is 374 g/mol. The van der Waals surface area contributed by atoms with Crippen LogP contribution in [0.4, 0.5) is 5.69 Å². The fourth-order valence-corrected chi connectivity index (χ4v) is 4.45. The number of nitrogens with one attached hydrogen (secondary N) is 2. The average molecular weight is 374 g/mol. The van der Waals surface area contributed by atoms with Gasteiger partial charge in [0, 0.05) is 30.7 Å². The maximum Gasteiger partial charge on any atom is 0.232 e. The van der Waals surface area contributed by atoms with E-state index in [1.165, 1.54) is 5.56 Å². The second-order valence-corrected chi connectivity index (χ2v) is 7.63. The smallest absolute Gasteiger partial charge is 0.232 e. The average Bonchev–Trinajstić information content (AvgIpc) is 3.26. The molecule has 144 valence electrons. The van der Waals surface area contributed by atoms with E-state index in [-0.39, 0.29) is 23.8 Å². The van der Waals surface area contributed by atoms with E-state index < -0.39 is 0 Å². The van der Waals surface area contributed by atoms with E-state index in [0.29, 0.717) is 12.1 Å². The molecule has 4 rings (SSSR count). The van der Waals surface area contributed by atoms with Gasteiger partial charge in [0.2, 0.25) is 5.91 Å². The maximum absolute atomic E-state index is 13.8. The van der Waals surface area contributed by atoms with Crippen LogP contribution >= 0.6 is 0 Å². The van der Waals surface area contributed by atoms with Crippen molar-refractivity contribution in [1.82, 2.24) is 10.6 Å². The van der Waals surface area contributed by atoms with Gasteiger partial charge in [-0.3, -0.25) is 4.79 Å². The Morgan fingerprint density at radius 3 is 2.36 bits per heavy atom. The zero-order valence-corrected chi connectivity index (χ0v) is 16.0. The van der Waals surface area contributed by atoms with Gasteiger partial charge in [-0.25, -0.2) is 0 Å². The fourth-order valence-electron chi connectivity index (χ4n) is 4.45. The molecule has 2 heterocycles. The third kappa shape index (κ3) is 3.80. The molecule has 2 fully saturated rings. The zero-order valence-electron chi connectivity index (χ0n) is 16.0. The van der Waals surface area contributed by atoms with Crippen LogP contribution in [0.15, 0.2) is 54.6 Å². The molecule has 0 spiro atoms. The molecule has 1 amide bonds. The number of piperidine rings is 1. The van der Waals surface area contributed by atoms with Crippen molar-refractivity contribution in [1.29, 1.82) is 5.26 Å². The highest BCUT2D eigenvalue weighted by Gasteiger charge is 2.39. The van der Waals surface area contributed by atoms with Crippen molar-refractivity contribution in [3.63, 3.8) is 0 Å². The standard InChI is InChI=1S/C23H26N4O/c24-14-17-6-8-19(9-7-17)27(20-10-12-25-13-11-20)23(28)22-16-26-15-21(22)18-4-2-1-3-5-18/h1-9,20-22,25-26H,10-13,15-16H2/t21-,22+/m0/s1. The number of benzene rings is 2. The molecular formula is C23H26N4O. The molecule has 2 saturated heterocycles. The molecule has 0 aromatic heterocycles. The van der Waals surface area contributed by atoms with Crippen molar-refractivity contribution >= 4 is 11.6 Å². The molecular weight excluding hydrogens is 348 g/mol. The van der Waals surface area contributed by atoms with Crippen LogP contribution in [0.5, 0.6) is 0 Å². The van der Waals surface area contributed by atoms with E-state index in [1.807, 2.05) is 35.2 Å². The highest BCUT2D eigenvalue weighted by atomic mass is 16.2. The largest absolute Gasteiger partial charge is 0.317 e. The summed E-state index contributed by atoms with van der Waals surface area (Å²) in [5, 5.41) is 15.9. The summed E-state index contributed by atoms with van der Waals surface area (Å²) >= 11 is 0. The molecule has 2 aromatic rings. The minimum atomic E-state index is -0.0760. The van der Waals surface area contributed by atoms with Gasteiger partial charge >= 0.3 is 0 Å². The van der Waals surface area contributed by atoms with Gasteiger partial charge in [0.25, 0.3) is 0 Å². The number of carbonyl (C=O) groups is 1. The molecule has 5 heteroatoms. The first kappa shape index (κ1) is 18.7. The van der Waals surface area contributed by atoms with Crippen LogP contribution in [0, 0.1) is 17.2 Å². The molecule has 28 heavy (non-hydrogen) atoms. The molecule has 0 saturated carbocycles. The minimum absolute atomic E-state index is 0.0760. The Balaban J connectivity index is 1.65. The highest BCUT2D eigenvalue weighted by Crippen LogP contribution is 2.33. The van der Waals surface area contributed by atoms with Gasteiger partial charge in [0.15, 0.2) is 0 Å². The van der Waals surface area contributed by atoms with Gasteiger partial charge in [-0.15, -0.1) is 0 Å². The summed E-state index contributed by atoms with van der Waals surface area (Å²) in [7, 11) is 0. The number of rotatable bonds is 4. The van der Waals surface area contributed by atoms with Crippen LogP contribution in [-0.4, -0.2) is 38.1 Å². The predicted octanol–water partition coefficient (Wildman–Crippen LogP) is 2.65. The number of nitrogens with zero attached hydrogens (tertiary/aromatic N) is 2. The minimum Gasteiger partial charge on any atom is -0.317 e. The highest BCUT2D eigenvalue weighted by molar-refractivity contribution is 5.96. The molecule has 0 bridgehead atoms. The summed E-state index contributed by atoms with van der Waals surface area (Å²) in [6.45, 7) is 3.38. The van der Waals surface area contributed by atoms with Gasteiger partial charge in [0.05, 0.1) is 17.6 Å². The van der Waals surface area contributed by atoms with Gasteiger partial charge in [-0.1, -0.05) is 30.3 Å². The Kier molecular flexibility index (Phi) is 5.70. The van der Waals surface area contributed by atoms with Gasteiger partial charge in [-0.05, 0) is 55.8 Å². The SMILES string of the molecule is N#Cc1ccc(N(C(=O)[C@@H]2CNC[C@H]2c2ccccc2)C2CCNCC2)cc1. The number of hydrogen-bond donors (Lipinski definition) is 2. The number of amides is 1. The molecule has 2 aliphatic rings. The number of hydrogen-bond acceptors (Lipinski definition) is 4. The Hall–Kier alpha value is -2.68. The molecule has 2 atom stereocenters. The van der Waals surface area contributed by atoms with Gasteiger partial charge < -0.3 is 15.5 Å². The van der Waals surface area contributed by atoms with Crippen molar-refractivity contribution in [2.24, 2.45) is 5.92 Å². The Morgan fingerprint density at radius 2 is 1.68 bits per heavy atom. The van der Waals surface area contributed by atoms with E-state index in [0.717, 1.165) is 38.2 Å². The zero-order chi connectivity index (χ0) is 19.3. The van der Waals surface area contributed by atoms with Crippen molar-refractivity contribution in [3.05, 3.63) is 65.7 Å². The van der Waals surface area contributed by atoms with Gasteiger partial charge in [0.1, 0.15) is 0 Å². The summed E-state index contributed by atoms with van der Waals surface area (Å²) in [6, 6.07) is 20.1. The fraction of sp³-hybridized carbons (Fsp3) is 0.391. The van der Waals surface area contributed by atoms with Crippen LogP contribution < -0.4 is 15.5 Å².